The van der Waals surface area contributed by atoms with Gasteiger partial charge in [-0.1, -0.05) is 0 Å². The molecule has 1 aliphatic heterocycles. The maximum Gasteiger partial charge on any atom is 0.213 e. The van der Waals surface area contributed by atoms with Gasteiger partial charge in [0.1, 0.15) is 0 Å². The summed E-state index contributed by atoms with van der Waals surface area (Å²) in [7, 11) is 0. The Hall–Kier alpha value is -1.58. The Morgan fingerprint density at radius 2 is 2.00 bits per heavy atom. The normalized spacial score (nSPS) is 21.0. The summed E-state index contributed by atoms with van der Waals surface area (Å²) in [6, 6.07) is 4.22. The molecular formula is C18H26N2O2. The molecule has 0 aromatic carbocycles. The number of ether oxygens (including phenoxy) is 1. The van der Waals surface area contributed by atoms with E-state index in [4.69, 9.17) is 9.72 Å². The summed E-state index contributed by atoms with van der Waals surface area (Å²) in [6.45, 7) is 8.07. The van der Waals surface area contributed by atoms with Crippen LogP contribution in [0.15, 0.2) is 12.1 Å². The molecule has 2 fully saturated rings. The molecule has 1 aromatic rings. The second kappa shape index (κ2) is 5.90. The molecule has 0 bridgehead atoms. The molecule has 1 spiro atoms. The quantitative estimate of drug-likeness (QED) is 0.802. The molecule has 2 heterocycles. The van der Waals surface area contributed by atoms with Crippen molar-refractivity contribution in [2.45, 2.75) is 58.5 Å². The van der Waals surface area contributed by atoms with Crippen LogP contribution in [0.1, 0.15) is 56.7 Å². The van der Waals surface area contributed by atoms with Crippen molar-refractivity contribution in [3.05, 3.63) is 23.4 Å². The topological polar surface area (TPSA) is 42.4 Å². The fraction of sp³-hybridized carbons (Fsp3) is 0.667. The molecule has 1 saturated carbocycles. The average molecular weight is 302 g/mol. The van der Waals surface area contributed by atoms with Crippen LogP contribution in [0, 0.1) is 12.3 Å². The molecule has 4 nitrogen and oxygen atoms in total. The van der Waals surface area contributed by atoms with Crippen LogP contribution in [-0.4, -0.2) is 35.5 Å². The molecule has 0 atom stereocenters. The van der Waals surface area contributed by atoms with E-state index in [0.717, 1.165) is 25.4 Å². The monoisotopic (exact) mass is 302 g/mol. The maximum atomic E-state index is 10.8. The van der Waals surface area contributed by atoms with Crippen molar-refractivity contribution < 1.29 is 9.53 Å². The van der Waals surface area contributed by atoms with Crippen molar-refractivity contribution in [1.29, 1.82) is 0 Å². The summed E-state index contributed by atoms with van der Waals surface area (Å²) < 4.78 is 5.77. The first-order valence-corrected chi connectivity index (χ1v) is 8.34. The highest BCUT2D eigenvalue weighted by molar-refractivity contribution is 5.49. The van der Waals surface area contributed by atoms with Gasteiger partial charge in [-0.2, -0.15) is 0 Å². The number of amides is 1. The molecule has 0 radical (unpaired) electrons. The Labute approximate surface area is 132 Å². The minimum Gasteiger partial charge on any atom is -0.475 e. The van der Waals surface area contributed by atoms with Gasteiger partial charge in [0, 0.05) is 36.2 Å². The summed E-state index contributed by atoms with van der Waals surface area (Å²) in [4.78, 5) is 17.4. The van der Waals surface area contributed by atoms with Crippen LogP contribution in [-0.2, 0) is 4.79 Å². The lowest BCUT2D eigenvalue weighted by atomic mass is 9.65. The summed E-state index contributed by atoms with van der Waals surface area (Å²) >= 11 is 0. The molecule has 3 rings (SSSR count). The van der Waals surface area contributed by atoms with Crippen LogP contribution >= 0.6 is 0 Å². The van der Waals surface area contributed by atoms with Crippen molar-refractivity contribution >= 4 is 6.41 Å². The third-order valence-electron chi connectivity index (χ3n) is 5.01. The lowest BCUT2D eigenvalue weighted by Crippen LogP contribution is -2.56. The number of carbonyl (C=O) groups is 1. The Morgan fingerprint density at radius 3 is 2.59 bits per heavy atom. The highest BCUT2D eigenvalue weighted by Crippen LogP contribution is 2.47. The Bertz CT molecular complexity index is 540. The molecule has 120 valence electrons. The van der Waals surface area contributed by atoms with Crippen molar-refractivity contribution in [2.75, 3.05) is 13.1 Å². The Morgan fingerprint density at radius 1 is 1.32 bits per heavy atom. The van der Waals surface area contributed by atoms with E-state index in [0.29, 0.717) is 11.3 Å². The summed E-state index contributed by atoms with van der Waals surface area (Å²) in [6.07, 6.45) is 5.89. The van der Waals surface area contributed by atoms with Gasteiger partial charge < -0.3 is 9.64 Å². The maximum absolute atomic E-state index is 10.8. The number of aromatic nitrogens is 1. The van der Waals surface area contributed by atoms with Crippen molar-refractivity contribution in [3.63, 3.8) is 0 Å². The van der Waals surface area contributed by atoms with Crippen LogP contribution in [0.5, 0.6) is 5.88 Å². The predicted molar refractivity (Wildman–Crippen MR) is 86.0 cm³/mol. The Kier molecular flexibility index (Phi) is 4.11. The summed E-state index contributed by atoms with van der Waals surface area (Å²) in [5, 5.41) is 0. The lowest BCUT2D eigenvalue weighted by Gasteiger charge is -2.52. The Balaban J connectivity index is 1.66. The van der Waals surface area contributed by atoms with Crippen molar-refractivity contribution in [3.8, 4) is 5.88 Å². The molecular weight excluding hydrogens is 276 g/mol. The van der Waals surface area contributed by atoms with Crippen molar-refractivity contribution in [1.82, 2.24) is 9.88 Å². The first kappa shape index (κ1) is 15.3. The zero-order chi connectivity index (χ0) is 15.7. The zero-order valence-corrected chi connectivity index (χ0v) is 13.8. The number of aryl methyl sites for hydroxylation is 1. The van der Waals surface area contributed by atoms with Crippen LogP contribution in [0.25, 0.3) is 0 Å². The lowest BCUT2D eigenvalue weighted by molar-refractivity contribution is -0.131. The van der Waals surface area contributed by atoms with Crippen LogP contribution in [0.3, 0.4) is 0 Å². The molecule has 1 aromatic heterocycles. The second-order valence-corrected chi connectivity index (χ2v) is 7.36. The molecule has 1 aliphatic carbocycles. The second-order valence-electron chi connectivity index (χ2n) is 7.36. The van der Waals surface area contributed by atoms with Crippen LogP contribution < -0.4 is 4.74 Å². The van der Waals surface area contributed by atoms with Crippen LogP contribution in [0.4, 0.5) is 0 Å². The molecule has 1 saturated heterocycles. The minimum atomic E-state index is 0.154. The largest absolute Gasteiger partial charge is 0.475 e. The number of hydrogen-bond donors (Lipinski definition) is 0. The average Bonchev–Trinajstić information content (AvgIpc) is 2.43. The van der Waals surface area contributed by atoms with Gasteiger partial charge in [-0.15, -0.1) is 0 Å². The van der Waals surface area contributed by atoms with E-state index in [2.05, 4.69) is 13.0 Å². The van der Waals surface area contributed by atoms with E-state index >= 15 is 0 Å². The molecule has 4 heteroatoms. The van der Waals surface area contributed by atoms with Gasteiger partial charge in [0.05, 0.1) is 6.10 Å². The van der Waals surface area contributed by atoms with E-state index in [1.807, 2.05) is 24.8 Å². The SMILES string of the molecule is Cc1cc(OC(C)C)nc(C2CCC3(CC2)CN(C=O)C3)c1. The number of pyridine rings is 1. The van der Waals surface area contributed by atoms with Crippen LogP contribution in [0.2, 0.25) is 0 Å². The number of nitrogens with zero attached hydrogens (tertiary/aromatic N) is 2. The van der Waals surface area contributed by atoms with Gasteiger partial charge >= 0.3 is 0 Å². The highest BCUT2D eigenvalue weighted by Gasteiger charge is 2.44. The molecule has 0 unspecified atom stereocenters. The van der Waals surface area contributed by atoms with E-state index in [1.165, 1.54) is 36.9 Å². The number of rotatable bonds is 4. The third kappa shape index (κ3) is 3.11. The molecule has 22 heavy (non-hydrogen) atoms. The minimum absolute atomic E-state index is 0.154. The van der Waals surface area contributed by atoms with Gasteiger partial charge in [0.2, 0.25) is 12.3 Å². The van der Waals surface area contributed by atoms with Gasteiger partial charge in [-0.05, 0) is 58.1 Å². The zero-order valence-electron chi connectivity index (χ0n) is 13.8. The first-order chi connectivity index (χ1) is 10.5. The standard InChI is InChI=1S/C18H26N2O2/c1-13(2)22-17-9-14(3)8-16(19-17)15-4-6-18(7-5-15)10-20(11-18)12-21/h8-9,12-13,15H,4-7,10-11H2,1-3H3. The van der Waals surface area contributed by atoms with Gasteiger partial charge in [-0.25, -0.2) is 4.98 Å². The van der Waals surface area contributed by atoms with E-state index < -0.39 is 0 Å². The predicted octanol–water partition coefficient (Wildman–Crippen LogP) is 3.29. The molecule has 2 aliphatic rings. The first-order valence-electron chi connectivity index (χ1n) is 8.34. The number of carbonyl (C=O) groups excluding carboxylic acids is 1. The molecule has 0 N–H and O–H groups in total. The summed E-state index contributed by atoms with van der Waals surface area (Å²) in [5.74, 6) is 1.28. The van der Waals surface area contributed by atoms with Gasteiger partial charge in [-0.3, -0.25) is 4.79 Å². The smallest absolute Gasteiger partial charge is 0.213 e. The highest BCUT2D eigenvalue weighted by atomic mass is 16.5. The van der Waals surface area contributed by atoms with E-state index in [1.54, 1.807) is 0 Å². The number of likely N-dealkylation sites (tertiary alicyclic amines) is 1. The fourth-order valence-corrected chi connectivity index (χ4v) is 3.90. The van der Waals surface area contributed by atoms with Gasteiger partial charge in [0.25, 0.3) is 0 Å². The third-order valence-corrected chi connectivity index (χ3v) is 5.01. The number of hydrogen-bond acceptors (Lipinski definition) is 3. The fourth-order valence-electron chi connectivity index (χ4n) is 3.90. The van der Waals surface area contributed by atoms with E-state index in [-0.39, 0.29) is 6.10 Å². The molecule has 1 amide bonds. The van der Waals surface area contributed by atoms with Crippen molar-refractivity contribution in [2.24, 2.45) is 5.41 Å². The van der Waals surface area contributed by atoms with Gasteiger partial charge in [0.15, 0.2) is 0 Å². The summed E-state index contributed by atoms with van der Waals surface area (Å²) in [5.41, 5.74) is 2.80. The van der Waals surface area contributed by atoms with E-state index in [9.17, 15) is 4.79 Å².